The topological polar surface area (TPSA) is 72.5 Å². The smallest absolute Gasteiger partial charge is 0.340 e. The Morgan fingerprint density at radius 3 is 2.67 bits per heavy atom. The van der Waals surface area contributed by atoms with Crippen molar-refractivity contribution < 1.29 is 22.3 Å². The van der Waals surface area contributed by atoms with Gasteiger partial charge in [0.25, 0.3) is 10.0 Å². The Morgan fingerprint density at radius 2 is 2.10 bits per heavy atom. The van der Waals surface area contributed by atoms with Crippen molar-refractivity contribution >= 4 is 48.9 Å². The molecule has 0 saturated carbocycles. The van der Waals surface area contributed by atoms with E-state index in [4.69, 9.17) is 0 Å². The van der Waals surface area contributed by atoms with Crippen LogP contribution in [0.3, 0.4) is 0 Å². The van der Waals surface area contributed by atoms with E-state index in [0.29, 0.717) is 4.47 Å². The predicted octanol–water partition coefficient (Wildman–Crippen LogP) is 3.24. The van der Waals surface area contributed by atoms with Crippen molar-refractivity contribution in [2.45, 2.75) is 4.21 Å². The van der Waals surface area contributed by atoms with Crippen LogP contribution in [0.5, 0.6) is 0 Å². The van der Waals surface area contributed by atoms with E-state index in [0.717, 1.165) is 30.6 Å². The molecule has 1 heterocycles. The van der Waals surface area contributed by atoms with Crippen molar-refractivity contribution in [2.75, 3.05) is 11.8 Å². The lowest BCUT2D eigenvalue weighted by Crippen LogP contribution is -2.13. The summed E-state index contributed by atoms with van der Waals surface area (Å²) in [5.74, 6) is -1.67. The Bertz CT molecular complexity index is 788. The first-order chi connectivity index (χ1) is 9.85. The Labute approximate surface area is 132 Å². The zero-order chi connectivity index (χ0) is 15.6. The van der Waals surface area contributed by atoms with E-state index in [-0.39, 0.29) is 15.5 Å². The van der Waals surface area contributed by atoms with Gasteiger partial charge in [-0.1, -0.05) is 0 Å². The molecule has 0 aliphatic carbocycles. The lowest BCUT2D eigenvalue weighted by atomic mass is 10.2. The van der Waals surface area contributed by atoms with Crippen molar-refractivity contribution in [3.63, 3.8) is 0 Å². The Kier molecular flexibility index (Phi) is 4.64. The second-order valence-electron chi connectivity index (χ2n) is 3.85. The number of nitrogens with one attached hydrogen (secondary N) is 1. The molecule has 21 heavy (non-hydrogen) atoms. The van der Waals surface area contributed by atoms with E-state index in [1.54, 1.807) is 11.4 Å². The third kappa shape index (κ3) is 3.42. The zero-order valence-electron chi connectivity index (χ0n) is 10.6. The molecule has 0 fully saturated rings. The molecule has 0 unspecified atom stereocenters. The molecule has 0 radical (unpaired) electrons. The first-order valence-electron chi connectivity index (χ1n) is 5.49. The lowest BCUT2D eigenvalue weighted by Gasteiger charge is -2.09. The average Bonchev–Trinajstić information content (AvgIpc) is 2.87. The number of thiophene rings is 1. The lowest BCUT2D eigenvalue weighted by molar-refractivity contribution is 0.0595. The molecule has 0 spiro atoms. The summed E-state index contributed by atoms with van der Waals surface area (Å²) in [6, 6.07) is 4.90. The van der Waals surface area contributed by atoms with Gasteiger partial charge < -0.3 is 4.74 Å². The Hall–Kier alpha value is -1.45. The van der Waals surface area contributed by atoms with Crippen molar-refractivity contribution in [1.29, 1.82) is 0 Å². The van der Waals surface area contributed by atoms with Gasteiger partial charge in [0.2, 0.25) is 0 Å². The van der Waals surface area contributed by atoms with E-state index in [9.17, 15) is 17.6 Å². The number of carbonyl (C=O) groups is 1. The second kappa shape index (κ2) is 6.12. The highest BCUT2D eigenvalue weighted by Crippen LogP contribution is 2.29. The molecule has 0 amide bonds. The third-order valence-corrected chi connectivity index (χ3v) is 6.50. The largest absolute Gasteiger partial charge is 0.465 e. The molecule has 2 aromatic rings. The summed E-state index contributed by atoms with van der Waals surface area (Å²) >= 11 is 4.16. The van der Waals surface area contributed by atoms with Gasteiger partial charge >= 0.3 is 5.97 Å². The van der Waals surface area contributed by atoms with Crippen molar-refractivity contribution in [1.82, 2.24) is 0 Å². The SMILES string of the molecule is COC(=O)c1cc(NS(=O)(=O)c2sccc2Br)ccc1F. The number of esters is 1. The molecule has 112 valence electrons. The molecule has 0 aliphatic heterocycles. The number of methoxy groups -OCH3 is 1. The van der Waals surface area contributed by atoms with Gasteiger partial charge in [-0.25, -0.2) is 17.6 Å². The van der Waals surface area contributed by atoms with Gasteiger partial charge in [-0.15, -0.1) is 11.3 Å². The molecule has 0 aliphatic rings. The van der Waals surface area contributed by atoms with E-state index >= 15 is 0 Å². The monoisotopic (exact) mass is 393 g/mol. The summed E-state index contributed by atoms with van der Waals surface area (Å²) in [5, 5.41) is 1.61. The van der Waals surface area contributed by atoms with Crippen molar-refractivity contribution in [2.24, 2.45) is 0 Å². The van der Waals surface area contributed by atoms with Gasteiger partial charge in [0, 0.05) is 10.2 Å². The van der Waals surface area contributed by atoms with Crippen LogP contribution in [0.4, 0.5) is 10.1 Å². The summed E-state index contributed by atoms with van der Waals surface area (Å²) < 4.78 is 45.1. The molecule has 0 bridgehead atoms. The Balaban J connectivity index is 2.37. The fourth-order valence-electron chi connectivity index (χ4n) is 1.53. The first kappa shape index (κ1) is 15.9. The number of halogens is 2. The van der Waals surface area contributed by atoms with Crippen LogP contribution in [0, 0.1) is 5.82 Å². The number of sulfonamides is 1. The fourth-order valence-corrected chi connectivity index (χ4v) is 4.92. The minimum atomic E-state index is -3.82. The maximum absolute atomic E-state index is 13.5. The van der Waals surface area contributed by atoms with Crippen LogP contribution in [0.25, 0.3) is 0 Å². The molecule has 9 heteroatoms. The van der Waals surface area contributed by atoms with Crippen LogP contribution >= 0.6 is 27.3 Å². The van der Waals surface area contributed by atoms with Gasteiger partial charge in [-0.3, -0.25) is 4.72 Å². The Morgan fingerprint density at radius 1 is 1.38 bits per heavy atom. The fraction of sp³-hybridized carbons (Fsp3) is 0.0833. The highest BCUT2D eigenvalue weighted by Gasteiger charge is 2.21. The minimum absolute atomic E-state index is 0.0668. The second-order valence-corrected chi connectivity index (χ2v) is 7.50. The summed E-state index contributed by atoms with van der Waals surface area (Å²) in [4.78, 5) is 11.4. The summed E-state index contributed by atoms with van der Waals surface area (Å²) in [6.07, 6.45) is 0. The number of rotatable bonds is 4. The molecular formula is C12H9BrFNO4S2. The van der Waals surface area contributed by atoms with Crippen LogP contribution < -0.4 is 4.72 Å². The average molecular weight is 394 g/mol. The summed E-state index contributed by atoms with van der Waals surface area (Å²) in [7, 11) is -2.70. The van der Waals surface area contributed by atoms with Crippen LogP contribution in [0.2, 0.25) is 0 Å². The van der Waals surface area contributed by atoms with Crippen LogP contribution in [-0.4, -0.2) is 21.5 Å². The number of carbonyl (C=O) groups excluding carboxylic acids is 1. The minimum Gasteiger partial charge on any atom is -0.465 e. The van der Waals surface area contributed by atoms with E-state index in [1.165, 1.54) is 6.07 Å². The maximum atomic E-state index is 13.5. The van der Waals surface area contributed by atoms with E-state index in [1.807, 2.05) is 0 Å². The van der Waals surface area contributed by atoms with Crippen LogP contribution in [-0.2, 0) is 14.8 Å². The highest BCUT2D eigenvalue weighted by molar-refractivity contribution is 9.10. The van der Waals surface area contributed by atoms with Crippen molar-refractivity contribution in [3.8, 4) is 0 Å². The quantitative estimate of drug-likeness (QED) is 0.809. The number of hydrogen-bond donors (Lipinski definition) is 1. The van der Waals surface area contributed by atoms with Gasteiger partial charge in [0.1, 0.15) is 5.82 Å². The van der Waals surface area contributed by atoms with Crippen LogP contribution in [0.15, 0.2) is 38.3 Å². The standard InChI is InChI=1S/C12H9BrFNO4S2/c1-19-11(16)8-6-7(2-3-10(8)14)15-21(17,18)12-9(13)4-5-20-12/h2-6,15H,1H3. The van der Waals surface area contributed by atoms with Gasteiger partial charge in [-0.05, 0) is 45.6 Å². The molecule has 1 aromatic carbocycles. The molecule has 0 atom stereocenters. The highest BCUT2D eigenvalue weighted by atomic mass is 79.9. The van der Waals surface area contributed by atoms with Crippen molar-refractivity contribution in [3.05, 3.63) is 45.5 Å². The summed E-state index contributed by atoms with van der Waals surface area (Å²) in [6.45, 7) is 0. The number of benzene rings is 1. The molecule has 0 saturated heterocycles. The molecular weight excluding hydrogens is 385 g/mol. The summed E-state index contributed by atoms with van der Waals surface area (Å²) in [5.41, 5.74) is -0.278. The van der Waals surface area contributed by atoms with E-state index < -0.39 is 21.8 Å². The normalized spacial score (nSPS) is 11.2. The zero-order valence-corrected chi connectivity index (χ0v) is 13.8. The molecule has 5 nitrogen and oxygen atoms in total. The van der Waals surface area contributed by atoms with Crippen LogP contribution in [0.1, 0.15) is 10.4 Å². The molecule has 1 N–H and O–H groups in total. The molecule has 1 aromatic heterocycles. The van der Waals surface area contributed by atoms with Gasteiger partial charge in [0.15, 0.2) is 4.21 Å². The van der Waals surface area contributed by atoms with E-state index in [2.05, 4.69) is 25.4 Å². The predicted molar refractivity (Wildman–Crippen MR) is 80.6 cm³/mol. The number of anilines is 1. The number of ether oxygens (including phenoxy) is 1. The first-order valence-corrected chi connectivity index (χ1v) is 8.64. The van der Waals surface area contributed by atoms with Gasteiger partial charge in [-0.2, -0.15) is 0 Å². The van der Waals surface area contributed by atoms with Gasteiger partial charge in [0.05, 0.1) is 12.7 Å². The molecule has 2 rings (SSSR count). The third-order valence-electron chi connectivity index (χ3n) is 2.45. The maximum Gasteiger partial charge on any atom is 0.340 e. The number of hydrogen-bond acceptors (Lipinski definition) is 5.